The summed E-state index contributed by atoms with van der Waals surface area (Å²) in [6, 6.07) is 9.88. The van der Waals surface area contributed by atoms with Gasteiger partial charge in [0.15, 0.2) is 5.75 Å². The minimum Gasteiger partial charge on any atom is -0.462 e. The van der Waals surface area contributed by atoms with Crippen molar-refractivity contribution < 1.29 is 23.5 Å². The van der Waals surface area contributed by atoms with Gasteiger partial charge < -0.3 is 24.9 Å². The Kier molecular flexibility index (Phi) is 4.32. The van der Waals surface area contributed by atoms with Gasteiger partial charge in [-0.15, -0.1) is 0 Å². The lowest BCUT2D eigenvalue weighted by Crippen LogP contribution is -2.48. The van der Waals surface area contributed by atoms with Gasteiger partial charge in [0.05, 0.1) is 12.0 Å². The van der Waals surface area contributed by atoms with Gasteiger partial charge in [0.1, 0.15) is 22.1 Å². The van der Waals surface area contributed by atoms with E-state index in [1.807, 2.05) is 6.92 Å². The van der Waals surface area contributed by atoms with Crippen LogP contribution in [-0.4, -0.2) is 18.5 Å². The van der Waals surface area contributed by atoms with E-state index in [1.54, 1.807) is 37.3 Å². The number of halogens is 1. The summed E-state index contributed by atoms with van der Waals surface area (Å²) in [7, 11) is 0. The number of fused-ring (bicyclic) bond motifs is 6. The summed E-state index contributed by atoms with van der Waals surface area (Å²) in [4.78, 5) is 40.0. The standard InChI is InChI=1S/C23H17ClN2O6/c1-3-30-20(27)17-19(25)32-18-12-6-5-11(24)9-15(12)31-21(28)16(18)23(17)13-8-10(2)4-7-14(13)26-22(23)29/h4-9H,3,25H2,1-2H3,(H,26,29). The molecule has 1 amide bonds. The van der Waals surface area contributed by atoms with Crippen LogP contribution < -0.4 is 21.4 Å². The number of hydrogen-bond donors (Lipinski definition) is 2. The summed E-state index contributed by atoms with van der Waals surface area (Å²) in [5, 5.41) is 3.49. The highest BCUT2D eigenvalue weighted by Crippen LogP contribution is 2.54. The highest BCUT2D eigenvalue weighted by Gasteiger charge is 2.61. The Hall–Kier alpha value is -3.78. The third-order valence-corrected chi connectivity index (χ3v) is 5.91. The fourth-order valence-electron chi connectivity index (χ4n) is 4.42. The topological polar surface area (TPSA) is 121 Å². The number of nitrogens with one attached hydrogen (secondary N) is 1. The van der Waals surface area contributed by atoms with Crippen LogP contribution in [0.2, 0.25) is 5.02 Å². The maximum absolute atomic E-state index is 13.6. The molecule has 9 heteroatoms. The number of rotatable bonds is 2. The molecule has 0 saturated heterocycles. The maximum Gasteiger partial charge on any atom is 0.345 e. The second-order valence-corrected chi connectivity index (χ2v) is 7.99. The number of ether oxygens (including phenoxy) is 2. The molecule has 2 aliphatic heterocycles. The average Bonchev–Trinajstić information content (AvgIpc) is 2.99. The van der Waals surface area contributed by atoms with E-state index in [1.165, 1.54) is 6.07 Å². The number of amides is 1. The molecule has 0 radical (unpaired) electrons. The molecule has 0 aliphatic carbocycles. The SMILES string of the molecule is CCOC(=O)C1=C(N)Oc2c(c(=O)oc3cc(Cl)ccc23)C12C(=O)Nc1ccc(C)cc12. The molecule has 0 bridgehead atoms. The smallest absolute Gasteiger partial charge is 0.345 e. The summed E-state index contributed by atoms with van der Waals surface area (Å²) >= 11 is 6.05. The molecule has 162 valence electrons. The molecule has 8 nitrogen and oxygen atoms in total. The Balaban J connectivity index is 1.97. The van der Waals surface area contributed by atoms with E-state index in [2.05, 4.69) is 5.32 Å². The highest BCUT2D eigenvalue weighted by atomic mass is 35.5. The highest BCUT2D eigenvalue weighted by molar-refractivity contribution is 6.31. The molecule has 5 rings (SSSR count). The van der Waals surface area contributed by atoms with Crippen molar-refractivity contribution in [1.82, 2.24) is 0 Å². The van der Waals surface area contributed by atoms with Crippen molar-refractivity contribution in [3.63, 3.8) is 0 Å². The van der Waals surface area contributed by atoms with E-state index in [-0.39, 0.29) is 35.0 Å². The molecule has 3 aromatic rings. The third-order valence-electron chi connectivity index (χ3n) is 5.68. The lowest BCUT2D eigenvalue weighted by molar-refractivity contribution is -0.140. The van der Waals surface area contributed by atoms with Gasteiger partial charge in [-0.3, -0.25) is 4.79 Å². The van der Waals surface area contributed by atoms with Crippen molar-refractivity contribution in [2.24, 2.45) is 5.73 Å². The number of carbonyl (C=O) groups is 2. The van der Waals surface area contributed by atoms with Crippen molar-refractivity contribution in [2.45, 2.75) is 19.3 Å². The van der Waals surface area contributed by atoms with Crippen molar-refractivity contribution in [3.8, 4) is 5.75 Å². The van der Waals surface area contributed by atoms with Gasteiger partial charge >= 0.3 is 11.6 Å². The molecule has 1 aromatic heterocycles. The van der Waals surface area contributed by atoms with E-state index >= 15 is 0 Å². The van der Waals surface area contributed by atoms with Gasteiger partial charge in [0.2, 0.25) is 11.8 Å². The molecule has 0 fully saturated rings. The number of hydrogen-bond acceptors (Lipinski definition) is 7. The first-order valence-electron chi connectivity index (χ1n) is 9.83. The monoisotopic (exact) mass is 452 g/mol. The molecule has 0 saturated carbocycles. The molecule has 2 aromatic carbocycles. The second kappa shape index (κ2) is 6.86. The molecule has 2 aliphatic rings. The Morgan fingerprint density at radius 1 is 1.22 bits per heavy atom. The Morgan fingerprint density at radius 3 is 2.75 bits per heavy atom. The summed E-state index contributed by atoms with van der Waals surface area (Å²) < 4.78 is 16.5. The molecule has 3 heterocycles. The van der Waals surface area contributed by atoms with Crippen LogP contribution in [0.25, 0.3) is 11.0 Å². The lowest BCUT2D eigenvalue weighted by Gasteiger charge is -2.34. The Morgan fingerprint density at radius 2 is 2.00 bits per heavy atom. The van der Waals surface area contributed by atoms with Crippen LogP contribution in [0.15, 0.2) is 57.1 Å². The van der Waals surface area contributed by atoms with Crippen molar-refractivity contribution in [1.29, 1.82) is 0 Å². The molecule has 1 spiro atoms. The van der Waals surface area contributed by atoms with Crippen LogP contribution in [0.1, 0.15) is 23.6 Å². The van der Waals surface area contributed by atoms with Crippen LogP contribution >= 0.6 is 11.6 Å². The van der Waals surface area contributed by atoms with Gasteiger partial charge in [0, 0.05) is 22.3 Å². The zero-order chi connectivity index (χ0) is 22.8. The minimum atomic E-state index is -1.90. The van der Waals surface area contributed by atoms with Crippen LogP contribution in [0.5, 0.6) is 5.75 Å². The molecule has 1 atom stereocenters. The first-order valence-corrected chi connectivity index (χ1v) is 10.2. The van der Waals surface area contributed by atoms with Crippen molar-refractivity contribution in [3.05, 3.63) is 80.0 Å². The van der Waals surface area contributed by atoms with E-state index in [0.29, 0.717) is 21.7 Å². The quantitative estimate of drug-likeness (QED) is 0.452. The average molecular weight is 453 g/mol. The normalized spacial score (nSPS) is 18.9. The lowest BCUT2D eigenvalue weighted by atomic mass is 9.68. The van der Waals surface area contributed by atoms with Crippen molar-refractivity contribution in [2.75, 3.05) is 11.9 Å². The summed E-state index contributed by atoms with van der Waals surface area (Å²) in [6.45, 7) is 3.49. The zero-order valence-corrected chi connectivity index (χ0v) is 17.8. The van der Waals surface area contributed by atoms with Crippen LogP contribution in [-0.2, 0) is 19.7 Å². The van der Waals surface area contributed by atoms with Crippen LogP contribution in [0.4, 0.5) is 5.69 Å². The molecule has 3 N–H and O–H groups in total. The van der Waals surface area contributed by atoms with Crippen LogP contribution in [0.3, 0.4) is 0 Å². The first kappa shape index (κ1) is 20.1. The number of benzene rings is 2. The van der Waals surface area contributed by atoms with Gasteiger partial charge in [-0.1, -0.05) is 29.3 Å². The van der Waals surface area contributed by atoms with E-state index in [9.17, 15) is 14.4 Å². The zero-order valence-electron chi connectivity index (χ0n) is 17.1. The fourth-order valence-corrected chi connectivity index (χ4v) is 4.58. The number of nitrogens with two attached hydrogens (primary N) is 1. The maximum atomic E-state index is 13.6. The summed E-state index contributed by atoms with van der Waals surface area (Å²) in [6.07, 6.45) is 0. The number of esters is 1. The van der Waals surface area contributed by atoms with Crippen LogP contribution in [0, 0.1) is 6.92 Å². The Bertz CT molecular complexity index is 1440. The number of aryl methyl sites for hydroxylation is 1. The van der Waals surface area contributed by atoms with Crippen molar-refractivity contribution >= 4 is 40.1 Å². The first-order chi connectivity index (χ1) is 15.3. The third kappa shape index (κ3) is 2.53. The molecular weight excluding hydrogens is 436 g/mol. The summed E-state index contributed by atoms with van der Waals surface area (Å²) in [5.74, 6) is -1.80. The predicted molar refractivity (Wildman–Crippen MR) is 117 cm³/mol. The number of anilines is 1. The Labute approximate surface area is 186 Å². The van der Waals surface area contributed by atoms with E-state index in [0.717, 1.165) is 5.56 Å². The number of carbonyl (C=O) groups excluding carboxylic acids is 2. The molecule has 32 heavy (non-hydrogen) atoms. The van der Waals surface area contributed by atoms with E-state index in [4.69, 9.17) is 31.2 Å². The second-order valence-electron chi connectivity index (χ2n) is 7.55. The fraction of sp³-hybridized carbons (Fsp3) is 0.174. The van der Waals surface area contributed by atoms with E-state index < -0.39 is 22.9 Å². The predicted octanol–water partition coefficient (Wildman–Crippen LogP) is 3.12. The summed E-state index contributed by atoms with van der Waals surface area (Å²) in [5.41, 5.74) is 4.85. The minimum absolute atomic E-state index is 0.0305. The van der Waals surface area contributed by atoms with Gasteiger partial charge in [-0.05, 0) is 32.0 Å². The van der Waals surface area contributed by atoms with Gasteiger partial charge in [-0.25, -0.2) is 9.59 Å². The van der Waals surface area contributed by atoms with Gasteiger partial charge in [-0.2, -0.15) is 0 Å². The molecule has 1 unspecified atom stereocenters. The molecular formula is C23H17ClN2O6. The largest absolute Gasteiger partial charge is 0.462 e. The van der Waals surface area contributed by atoms with Gasteiger partial charge in [0.25, 0.3) is 0 Å².